The molecule has 0 saturated carbocycles. The standard InChI is InChI=1S/C19H19F2N5O2S/c1-25-11-19(23-12-25)29(27,28)26-9-16(13-2-4-14(20)5-3-13)17(10-26)24-18-7-6-15(21)8-22-18/h2-8,11-12,16-17H,9-10H2,1H3,(H,22,24). The van der Waals surface area contributed by atoms with E-state index in [-0.39, 0.29) is 35.9 Å². The average Bonchev–Trinajstić information content (AvgIpc) is 3.32. The molecule has 3 aromatic rings. The molecule has 0 aliphatic carbocycles. The topological polar surface area (TPSA) is 80.1 Å². The van der Waals surface area contributed by atoms with Gasteiger partial charge in [0, 0.05) is 38.3 Å². The molecule has 152 valence electrons. The van der Waals surface area contributed by atoms with Crippen molar-refractivity contribution in [2.75, 3.05) is 18.4 Å². The normalized spacial score (nSPS) is 20.1. The molecule has 1 aliphatic rings. The lowest BCUT2D eigenvalue weighted by Crippen LogP contribution is -2.32. The number of aryl methyl sites for hydroxylation is 1. The molecule has 2 aromatic heterocycles. The van der Waals surface area contributed by atoms with Crippen LogP contribution in [0.3, 0.4) is 0 Å². The third kappa shape index (κ3) is 3.99. The number of anilines is 1. The van der Waals surface area contributed by atoms with Gasteiger partial charge in [-0.15, -0.1) is 0 Å². The minimum atomic E-state index is -3.79. The van der Waals surface area contributed by atoms with Crippen LogP contribution in [-0.4, -0.2) is 46.4 Å². The molecule has 0 bridgehead atoms. The van der Waals surface area contributed by atoms with Gasteiger partial charge in [-0.1, -0.05) is 12.1 Å². The molecule has 29 heavy (non-hydrogen) atoms. The van der Waals surface area contributed by atoms with Crippen LogP contribution in [0.15, 0.2) is 60.1 Å². The van der Waals surface area contributed by atoms with Crippen LogP contribution in [0.5, 0.6) is 0 Å². The molecule has 0 radical (unpaired) electrons. The Balaban J connectivity index is 1.65. The van der Waals surface area contributed by atoms with E-state index in [1.165, 1.54) is 41.1 Å². The Morgan fingerprint density at radius 3 is 2.38 bits per heavy atom. The fourth-order valence-electron chi connectivity index (χ4n) is 3.46. The maximum atomic E-state index is 13.4. The van der Waals surface area contributed by atoms with Gasteiger partial charge in [-0.3, -0.25) is 0 Å². The van der Waals surface area contributed by atoms with Crippen LogP contribution in [0.4, 0.5) is 14.6 Å². The second kappa shape index (κ2) is 7.53. The second-order valence-electron chi connectivity index (χ2n) is 6.97. The highest BCUT2D eigenvalue weighted by atomic mass is 32.2. The van der Waals surface area contributed by atoms with Gasteiger partial charge in [-0.2, -0.15) is 4.31 Å². The zero-order chi connectivity index (χ0) is 20.6. The Morgan fingerprint density at radius 1 is 1.03 bits per heavy atom. The molecule has 1 fully saturated rings. The quantitative estimate of drug-likeness (QED) is 0.687. The molecule has 0 amide bonds. The summed E-state index contributed by atoms with van der Waals surface area (Å²) in [5, 5.41) is 3.16. The summed E-state index contributed by atoms with van der Waals surface area (Å²) in [4.78, 5) is 7.97. The second-order valence-corrected chi connectivity index (χ2v) is 8.85. The van der Waals surface area contributed by atoms with Gasteiger partial charge in [0.2, 0.25) is 0 Å². The summed E-state index contributed by atoms with van der Waals surface area (Å²) in [5.74, 6) is -0.646. The van der Waals surface area contributed by atoms with Crippen molar-refractivity contribution in [2.24, 2.45) is 7.05 Å². The van der Waals surface area contributed by atoms with E-state index >= 15 is 0 Å². The largest absolute Gasteiger partial charge is 0.365 e. The molecule has 10 heteroatoms. The number of hydrogen-bond acceptors (Lipinski definition) is 5. The zero-order valence-corrected chi connectivity index (χ0v) is 16.4. The first-order valence-corrected chi connectivity index (χ1v) is 10.4. The summed E-state index contributed by atoms with van der Waals surface area (Å²) in [7, 11) is -2.10. The summed E-state index contributed by atoms with van der Waals surface area (Å²) < 4.78 is 55.5. The van der Waals surface area contributed by atoms with Gasteiger partial charge in [0.15, 0.2) is 5.03 Å². The average molecular weight is 419 g/mol. The van der Waals surface area contributed by atoms with E-state index in [2.05, 4.69) is 15.3 Å². The lowest BCUT2D eigenvalue weighted by atomic mass is 9.94. The van der Waals surface area contributed by atoms with Crippen LogP contribution in [0, 0.1) is 11.6 Å². The van der Waals surface area contributed by atoms with Crippen molar-refractivity contribution < 1.29 is 17.2 Å². The van der Waals surface area contributed by atoms with Gasteiger partial charge in [-0.25, -0.2) is 27.2 Å². The van der Waals surface area contributed by atoms with E-state index < -0.39 is 15.8 Å². The monoisotopic (exact) mass is 419 g/mol. The van der Waals surface area contributed by atoms with Gasteiger partial charge in [0.05, 0.1) is 12.5 Å². The van der Waals surface area contributed by atoms with E-state index in [9.17, 15) is 17.2 Å². The number of imidazole rings is 1. The summed E-state index contributed by atoms with van der Waals surface area (Å²) >= 11 is 0. The number of sulfonamides is 1. The van der Waals surface area contributed by atoms with E-state index in [1.807, 2.05) is 0 Å². The van der Waals surface area contributed by atoms with Crippen LogP contribution in [0.1, 0.15) is 11.5 Å². The SMILES string of the molecule is Cn1cnc(S(=O)(=O)N2CC(Nc3ccc(F)cn3)C(c3ccc(F)cc3)C2)c1. The maximum Gasteiger partial charge on any atom is 0.262 e. The lowest BCUT2D eigenvalue weighted by Gasteiger charge is -2.20. The molecule has 1 aliphatic heterocycles. The molecule has 4 rings (SSSR count). The number of rotatable bonds is 5. The van der Waals surface area contributed by atoms with Crippen LogP contribution >= 0.6 is 0 Å². The molecule has 3 heterocycles. The minimum absolute atomic E-state index is 0.0292. The van der Waals surface area contributed by atoms with Gasteiger partial charge < -0.3 is 9.88 Å². The Kier molecular flexibility index (Phi) is 5.05. The van der Waals surface area contributed by atoms with Gasteiger partial charge >= 0.3 is 0 Å². The van der Waals surface area contributed by atoms with Crippen LogP contribution in [0.25, 0.3) is 0 Å². The molecular formula is C19H19F2N5O2S. The number of benzene rings is 1. The van der Waals surface area contributed by atoms with E-state index in [4.69, 9.17) is 0 Å². The number of nitrogens with zero attached hydrogens (tertiary/aromatic N) is 4. The molecular weight excluding hydrogens is 400 g/mol. The zero-order valence-electron chi connectivity index (χ0n) is 15.5. The fourth-order valence-corrected chi connectivity index (χ4v) is 4.92. The molecule has 1 aromatic carbocycles. The summed E-state index contributed by atoms with van der Waals surface area (Å²) in [6.07, 6.45) is 3.97. The van der Waals surface area contributed by atoms with Gasteiger partial charge in [0.1, 0.15) is 17.5 Å². The number of aromatic nitrogens is 3. The molecule has 2 atom stereocenters. The van der Waals surface area contributed by atoms with Crippen LogP contribution in [-0.2, 0) is 17.1 Å². The van der Waals surface area contributed by atoms with Crippen molar-refractivity contribution in [3.05, 3.63) is 72.3 Å². The number of hydrogen-bond donors (Lipinski definition) is 1. The van der Waals surface area contributed by atoms with Crippen molar-refractivity contribution in [2.45, 2.75) is 17.0 Å². The molecule has 1 N–H and O–H groups in total. The van der Waals surface area contributed by atoms with Crippen molar-refractivity contribution in [1.82, 2.24) is 18.8 Å². The predicted octanol–water partition coefficient (Wildman–Crippen LogP) is 2.36. The first-order valence-electron chi connectivity index (χ1n) is 8.94. The Morgan fingerprint density at radius 2 is 1.76 bits per heavy atom. The highest BCUT2D eigenvalue weighted by Gasteiger charge is 2.41. The van der Waals surface area contributed by atoms with Crippen molar-refractivity contribution in [3.63, 3.8) is 0 Å². The molecule has 7 nitrogen and oxygen atoms in total. The fraction of sp³-hybridized carbons (Fsp3) is 0.263. The van der Waals surface area contributed by atoms with E-state index in [1.54, 1.807) is 23.7 Å². The van der Waals surface area contributed by atoms with Gasteiger partial charge in [-0.05, 0) is 29.8 Å². The van der Waals surface area contributed by atoms with Crippen LogP contribution in [0.2, 0.25) is 0 Å². The minimum Gasteiger partial charge on any atom is -0.365 e. The highest BCUT2D eigenvalue weighted by molar-refractivity contribution is 7.89. The first kappa shape index (κ1) is 19.5. The highest BCUT2D eigenvalue weighted by Crippen LogP contribution is 2.33. The number of nitrogens with one attached hydrogen (secondary N) is 1. The van der Waals surface area contributed by atoms with Crippen molar-refractivity contribution in [1.29, 1.82) is 0 Å². The van der Waals surface area contributed by atoms with Crippen LogP contribution < -0.4 is 5.32 Å². The third-order valence-corrected chi connectivity index (χ3v) is 6.65. The van der Waals surface area contributed by atoms with E-state index in [0.717, 1.165) is 11.8 Å². The molecule has 2 unspecified atom stereocenters. The Hall–Kier alpha value is -2.85. The maximum absolute atomic E-state index is 13.4. The summed E-state index contributed by atoms with van der Waals surface area (Å²) in [6.45, 7) is 0.364. The number of pyridine rings is 1. The Labute approximate surface area is 167 Å². The van der Waals surface area contributed by atoms with Gasteiger partial charge in [0.25, 0.3) is 10.0 Å². The van der Waals surface area contributed by atoms with Crippen molar-refractivity contribution >= 4 is 15.8 Å². The third-order valence-electron chi connectivity index (χ3n) is 4.93. The summed E-state index contributed by atoms with van der Waals surface area (Å²) in [6, 6.07) is 8.41. The van der Waals surface area contributed by atoms with Crippen molar-refractivity contribution in [3.8, 4) is 0 Å². The lowest BCUT2D eigenvalue weighted by molar-refractivity contribution is 0.468. The summed E-state index contributed by atoms with van der Waals surface area (Å²) in [5.41, 5.74) is 0.796. The number of halogens is 2. The molecule has 0 spiro atoms. The molecule has 1 saturated heterocycles. The smallest absolute Gasteiger partial charge is 0.262 e. The van der Waals surface area contributed by atoms with E-state index in [0.29, 0.717) is 5.82 Å². The predicted molar refractivity (Wildman–Crippen MR) is 103 cm³/mol. The first-order chi connectivity index (χ1) is 13.8. The Bertz CT molecular complexity index is 1100.